The highest BCUT2D eigenvalue weighted by molar-refractivity contribution is 6.20. The average molecular weight is 308 g/mol. The quantitative estimate of drug-likeness (QED) is 0.768. The monoisotopic (exact) mass is 307 g/mol. The van der Waals surface area contributed by atoms with Crippen LogP contribution in [0.2, 0.25) is 0 Å². The first kappa shape index (κ1) is 17.3. The molecule has 0 aliphatic rings. The van der Waals surface area contributed by atoms with Gasteiger partial charge in [-0.1, -0.05) is 39.0 Å². The highest BCUT2D eigenvalue weighted by atomic mass is 35.5. The smallest absolute Gasteiger partial charge is 0.311 e. The fourth-order valence-corrected chi connectivity index (χ4v) is 2.54. The van der Waals surface area contributed by atoms with Crippen molar-refractivity contribution in [2.75, 3.05) is 6.54 Å². The first-order valence-corrected chi connectivity index (χ1v) is 7.02. The number of benzene rings is 1. The van der Waals surface area contributed by atoms with Crippen LogP contribution in [0.15, 0.2) is 24.3 Å². The fourth-order valence-electron chi connectivity index (χ4n) is 1.97. The first-order valence-electron chi connectivity index (χ1n) is 6.59. The third-order valence-corrected chi connectivity index (χ3v) is 3.09. The number of rotatable bonds is 5. The summed E-state index contributed by atoms with van der Waals surface area (Å²) in [6, 6.07) is 5.34. The van der Waals surface area contributed by atoms with Crippen LogP contribution in [0.4, 0.5) is 13.2 Å². The molecule has 1 unspecified atom stereocenters. The van der Waals surface area contributed by atoms with Gasteiger partial charge in [-0.3, -0.25) is 0 Å². The predicted octanol–water partition coefficient (Wildman–Crippen LogP) is 4.84. The number of hydrogen-bond acceptors (Lipinski definition) is 1. The molecule has 0 fully saturated rings. The summed E-state index contributed by atoms with van der Waals surface area (Å²) in [5, 5.41) is 3.08. The molecular formula is C15H21ClF3N. The topological polar surface area (TPSA) is 12.0 Å². The highest BCUT2D eigenvalue weighted by Crippen LogP contribution is 2.29. The molecule has 1 aromatic carbocycles. The summed E-state index contributed by atoms with van der Waals surface area (Å²) in [7, 11) is 0. The minimum absolute atomic E-state index is 0.0270. The van der Waals surface area contributed by atoms with E-state index in [0.717, 1.165) is 12.5 Å². The molecule has 0 aliphatic carbocycles. The maximum Gasteiger partial charge on any atom is 0.416 e. The van der Waals surface area contributed by atoms with Gasteiger partial charge in [-0.05, 0) is 23.5 Å². The van der Waals surface area contributed by atoms with Crippen molar-refractivity contribution < 1.29 is 13.2 Å². The Morgan fingerprint density at radius 2 is 1.85 bits per heavy atom. The van der Waals surface area contributed by atoms with E-state index in [9.17, 15) is 13.2 Å². The van der Waals surface area contributed by atoms with Crippen LogP contribution in [0.3, 0.4) is 0 Å². The van der Waals surface area contributed by atoms with Crippen LogP contribution < -0.4 is 5.32 Å². The number of hydrogen-bond donors (Lipinski definition) is 1. The summed E-state index contributed by atoms with van der Waals surface area (Å²) >= 11 is 6.19. The van der Waals surface area contributed by atoms with Gasteiger partial charge in [0.05, 0.1) is 5.56 Å². The van der Waals surface area contributed by atoms with Gasteiger partial charge in [0, 0.05) is 18.5 Å². The van der Waals surface area contributed by atoms with Crippen molar-refractivity contribution in [3.8, 4) is 0 Å². The second-order valence-electron chi connectivity index (χ2n) is 6.19. The zero-order chi connectivity index (χ0) is 15.4. The summed E-state index contributed by atoms with van der Waals surface area (Å²) in [5.74, 6) is 0. The van der Waals surface area contributed by atoms with Crippen molar-refractivity contribution in [2.45, 2.75) is 45.3 Å². The van der Waals surface area contributed by atoms with E-state index in [-0.39, 0.29) is 10.8 Å². The maximum atomic E-state index is 12.6. The van der Waals surface area contributed by atoms with Gasteiger partial charge in [-0.2, -0.15) is 13.2 Å². The Balaban J connectivity index is 2.47. The van der Waals surface area contributed by atoms with Crippen LogP contribution in [0.1, 0.15) is 38.3 Å². The molecule has 0 bridgehead atoms. The van der Waals surface area contributed by atoms with E-state index < -0.39 is 11.7 Å². The van der Waals surface area contributed by atoms with Gasteiger partial charge in [-0.15, -0.1) is 11.6 Å². The summed E-state index contributed by atoms with van der Waals surface area (Å²) in [6.45, 7) is 7.28. The lowest BCUT2D eigenvalue weighted by Gasteiger charge is -2.22. The van der Waals surface area contributed by atoms with Crippen molar-refractivity contribution in [1.29, 1.82) is 0 Å². The number of nitrogens with one attached hydrogen (secondary N) is 1. The van der Waals surface area contributed by atoms with Crippen LogP contribution in [-0.4, -0.2) is 11.9 Å². The van der Waals surface area contributed by atoms with Crippen LogP contribution in [0.25, 0.3) is 0 Å². The minimum Gasteiger partial charge on any atom is -0.311 e. The van der Waals surface area contributed by atoms with Crippen LogP contribution in [0.5, 0.6) is 0 Å². The first-order chi connectivity index (χ1) is 9.08. The van der Waals surface area contributed by atoms with Crippen molar-refractivity contribution >= 4 is 11.6 Å². The zero-order valence-corrected chi connectivity index (χ0v) is 12.8. The summed E-state index contributed by atoms with van der Waals surface area (Å²) in [6.07, 6.45) is -3.44. The zero-order valence-electron chi connectivity index (χ0n) is 12.0. The SMILES string of the molecule is CC(C)(C)CC(Cl)CNCc1cccc(C(F)(F)F)c1. The molecule has 0 amide bonds. The number of alkyl halides is 4. The molecule has 0 aromatic heterocycles. The Morgan fingerprint density at radius 3 is 2.40 bits per heavy atom. The summed E-state index contributed by atoms with van der Waals surface area (Å²) < 4.78 is 37.7. The van der Waals surface area contributed by atoms with Crippen molar-refractivity contribution in [1.82, 2.24) is 5.32 Å². The van der Waals surface area contributed by atoms with Gasteiger partial charge < -0.3 is 5.32 Å². The normalized spacial score (nSPS) is 14.3. The van der Waals surface area contributed by atoms with Gasteiger partial charge in [-0.25, -0.2) is 0 Å². The van der Waals surface area contributed by atoms with E-state index in [0.29, 0.717) is 18.7 Å². The Labute approximate surface area is 123 Å². The van der Waals surface area contributed by atoms with E-state index in [4.69, 9.17) is 11.6 Å². The Bertz CT molecular complexity index is 424. The molecule has 0 heterocycles. The molecule has 0 radical (unpaired) electrons. The average Bonchev–Trinajstić information content (AvgIpc) is 2.25. The van der Waals surface area contributed by atoms with E-state index >= 15 is 0 Å². The molecule has 1 aromatic rings. The molecule has 0 aliphatic heterocycles. The highest BCUT2D eigenvalue weighted by Gasteiger charge is 2.30. The van der Waals surface area contributed by atoms with Gasteiger partial charge in [0.1, 0.15) is 0 Å². The summed E-state index contributed by atoms with van der Waals surface area (Å²) in [5.41, 5.74) is 0.137. The minimum atomic E-state index is -4.29. The molecule has 5 heteroatoms. The Kier molecular flexibility index (Phi) is 5.90. The molecule has 114 valence electrons. The Morgan fingerprint density at radius 1 is 1.20 bits per heavy atom. The standard InChI is InChI=1S/C15H21ClF3N/c1-14(2,3)8-13(16)10-20-9-11-5-4-6-12(7-11)15(17,18)19/h4-7,13,20H,8-10H2,1-3H3. The van der Waals surface area contributed by atoms with Crippen molar-refractivity contribution in [3.63, 3.8) is 0 Å². The molecule has 0 spiro atoms. The maximum absolute atomic E-state index is 12.6. The lowest BCUT2D eigenvalue weighted by atomic mass is 9.90. The van der Waals surface area contributed by atoms with E-state index in [1.54, 1.807) is 6.07 Å². The second kappa shape index (κ2) is 6.81. The molecule has 1 nitrogen and oxygen atoms in total. The largest absolute Gasteiger partial charge is 0.416 e. The fraction of sp³-hybridized carbons (Fsp3) is 0.600. The predicted molar refractivity (Wildman–Crippen MR) is 76.9 cm³/mol. The van der Waals surface area contributed by atoms with Crippen LogP contribution >= 0.6 is 11.6 Å². The van der Waals surface area contributed by atoms with Gasteiger partial charge in [0.2, 0.25) is 0 Å². The molecule has 1 N–H and O–H groups in total. The third kappa shape index (κ3) is 6.62. The molecule has 0 saturated carbocycles. The molecule has 20 heavy (non-hydrogen) atoms. The van der Waals surface area contributed by atoms with Gasteiger partial charge in [0.15, 0.2) is 0 Å². The van der Waals surface area contributed by atoms with Gasteiger partial charge in [0.25, 0.3) is 0 Å². The Hall–Kier alpha value is -0.740. The summed E-state index contributed by atoms with van der Waals surface area (Å²) in [4.78, 5) is 0. The van der Waals surface area contributed by atoms with E-state index in [1.165, 1.54) is 12.1 Å². The van der Waals surface area contributed by atoms with E-state index in [1.807, 2.05) is 0 Å². The lowest BCUT2D eigenvalue weighted by molar-refractivity contribution is -0.137. The molecular weight excluding hydrogens is 287 g/mol. The van der Waals surface area contributed by atoms with Crippen molar-refractivity contribution in [3.05, 3.63) is 35.4 Å². The second-order valence-corrected chi connectivity index (χ2v) is 6.81. The lowest BCUT2D eigenvalue weighted by Crippen LogP contribution is -2.26. The third-order valence-electron chi connectivity index (χ3n) is 2.78. The van der Waals surface area contributed by atoms with Gasteiger partial charge >= 0.3 is 6.18 Å². The van der Waals surface area contributed by atoms with Crippen LogP contribution in [0, 0.1) is 5.41 Å². The molecule has 0 saturated heterocycles. The van der Waals surface area contributed by atoms with Crippen LogP contribution in [-0.2, 0) is 12.7 Å². The van der Waals surface area contributed by atoms with E-state index in [2.05, 4.69) is 26.1 Å². The number of halogens is 4. The molecule has 1 atom stereocenters. The van der Waals surface area contributed by atoms with Crippen molar-refractivity contribution in [2.24, 2.45) is 5.41 Å². The molecule has 1 rings (SSSR count).